The van der Waals surface area contributed by atoms with Crippen LogP contribution in [0.5, 0.6) is 0 Å². The smallest absolute Gasteiger partial charge is 0.225 e. The first-order valence-electron chi connectivity index (χ1n) is 9.22. The van der Waals surface area contributed by atoms with Gasteiger partial charge in [-0.2, -0.15) is 4.98 Å². The number of hydrogen-bond acceptors (Lipinski definition) is 4. The Morgan fingerprint density at radius 1 is 1.04 bits per heavy atom. The lowest BCUT2D eigenvalue weighted by Gasteiger charge is -2.16. The molecule has 1 aliphatic carbocycles. The predicted molar refractivity (Wildman–Crippen MR) is 109 cm³/mol. The molecule has 0 atom stereocenters. The molecule has 0 spiro atoms. The molecule has 2 aromatic carbocycles. The second kappa shape index (κ2) is 7.50. The molecule has 0 bridgehead atoms. The summed E-state index contributed by atoms with van der Waals surface area (Å²) in [6.07, 6.45) is 5.01. The third-order valence-electron chi connectivity index (χ3n) is 5.12. The molecular weight excluding hydrogens is 344 g/mol. The lowest BCUT2D eigenvalue weighted by Crippen LogP contribution is -2.17. The number of fused-ring (bicyclic) bond motifs is 1. The standard InChI is InChI=1S/C21H23ClN4/c1-14-15(7-6-11-18(14)22)13-23-21-25-19-12-5-4-10-17(19)20(26-21)24-16-8-2-3-9-16/h4-7,10-12,16H,2-3,8-9,13H2,1H3,(H2,23,24,25,26). The van der Waals surface area contributed by atoms with Crippen molar-refractivity contribution in [2.45, 2.75) is 45.2 Å². The number of rotatable bonds is 5. The van der Waals surface area contributed by atoms with Gasteiger partial charge in [-0.1, -0.05) is 48.7 Å². The fraction of sp³-hybridized carbons (Fsp3) is 0.333. The Kier molecular flexibility index (Phi) is 4.93. The average molecular weight is 367 g/mol. The van der Waals surface area contributed by atoms with Crippen molar-refractivity contribution < 1.29 is 0 Å². The maximum atomic E-state index is 6.23. The van der Waals surface area contributed by atoms with Crippen LogP contribution in [0.3, 0.4) is 0 Å². The summed E-state index contributed by atoms with van der Waals surface area (Å²) >= 11 is 6.23. The molecule has 1 heterocycles. The second-order valence-corrected chi connectivity index (χ2v) is 7.32. The van der Waals surface area contributed by atoms with Gasteiger partial charge in [-0.15, -0.1) is 0 Å². The number of nitrogens with zero attached hydrogens (tertiary/aromatic N) is 2. The largest absolute Gasteiger partial charge is 0.367 e. The van der Waals surface area contributed by atoms with Crippen molar-refractivity contribution in [2.75, 3.05) is 10.6 Å². The van der Waals surface area contributed by atoms with E-state index in [2.05, 4.69) is 27.8 Å². The molecule has 4 nitrogen and oxygen atoms in total. The van der Waals surface area contributed by atoms with Crippen LogP contribution in [0.15, 0.2) is 42.5 Å². The summed E-state index contributed by atoms with van der Waals surface area (Å²) in [7, 11) is 0. The molecule has 0 aliphatic heterocycles. The van der Waals surface area contributed by atoms with Crippen molar-refractivity contribution in [1.29, 1.82) is 0 Å². The maximum absolute atomic E-state index is 6.23. The number of para-hydroxylation sites is 1. The van der Waals surface area contributed by atoms with E-state index >= 15 is 0 Å². The maximum Gasteiger partial charge on any atom is 0.225 e. The first-order valence-corrected chi connectivity index (χ1v) is 9.60. The molecule has 0 saturated heterocycles. The zero-order valence-corrected chi connectivity index (χ0v) is 15.7. The fourth-order valence-electron chi connectivity index (χ4n) is 3.55. The van der Waals surface area contributed by atoms with Gasteiger partial charge in [0, 0.05) is 23.0 Å². The number of benzene rings is 2. The Labute approximate surface area is 159 Å². The normalized spacial score (nSPS) is 14.7. The van der Waals surface area contributed by atoms with E-state index in [9.17, 15) is 0 Å². The van der Waals surface area contributed by atoms with Crippen molar-refractivity contribution in [3.05, 3.63) is 58.6 Å². The van der Waals surface area contributed by atoms with Gasteiger partial charge in [0.05, 0.1) is 5.52 Å². The Morgan fingerprint density at radius 2 is 1.85 bits per heavy atom. The Morgan fingerprint density at radius 3 is 2.69 bits per heavy atom. The molecule has 4 rings (SSSR count). The zero-order chi connectivity index (χ0) is 17.9. The van der Waals surface area contributed by atoms with Crippen molar-refractivity contribution in [1.82, 2.24) is 9.97 Å². The third-order valence-corrected chi connectivity index (χ3v) is 5.53. The fourth-order valence-corrected chi connectivity index (χ4v) is 3.74. The van der Waals surface area contributed by atoms with Gasteiger partial charge >= 0.3 is 0 Å². The summed E-state index contributed by atoms with van der Waals surface area (Å²) in [4.78, 5) is 9.45. The van der Waals surface area contributed by atoms with Gasteiger partial charge in [-0.25, -0.2) is 4.98 Å². The van der Waals surface area contributed by atoms with Crippen LogP contribution in [0.2, 0.25) is 5.02 Å². The van der Waals surface area contributed by atoms with E-state index < -0.39 is 0 Å². The summed E-state index contributed by atoms with van der Waals surface area (Å²) in [6, 6.07) is 14.6. The number of halogens is 1. The molecule has 0 radical (unpaired) electrons. The van der Waals surface area contributed by atoms with E-state index in [0.717, 1.165) is 32.9 Å². The lowest BCUT2D eigenvalue weighted by atomic mass is 10.1. The zero-order valence-electron chi connectivity index (χ0n) is 14.9. The van der Waals surface area contributed by atoms with Crippen LogP contribution in [0, 0.1) is 6.92 Å². The molecule has 2 N–H and O–H groups in total. The number of aromatic nitrogens is 2. The van der Waals surface area contributed by atoms with E-state index in [1.54, 1.807) is 0 Å². The van der Waals surface area contributed by atoms with Crippen LogP contribution in [-0.2, 0) is 6.54 Å². The van der Waals surface area contributed by atoms with Crippen LogP contribution in [0.1, 0.15) is 36.8 Å². The summed E-state index contributed by atoms with van der Waals surface area (Å²) in [6.45, 7) is 2.68. The SMILES string of the molecule is Cc1c(Cl)cccc1CNc1nc(NC2CCCC2)c2ccccc2n1. The highest BCUT2D eigenvalue weighted by Gasteiger charge is 2.17. The summed E-state index contributed by atoms with van der Waals surface area (Å²) in [5.41, 5.74) is 3.19. The molecule has 0 unspecified atom stereocenters. The van der Waals surface area contributed by atoms with Crippen LogP contribution >= 0.6 is 11.6 Å². The molecule has 5 heteroatoms. The number of nitrogens with one attached hydrogen (secondary N) is 2. The summed E-state index contributed by atoms with van der Waals surface area (Å²) in [5, 5.41) is 8.85. The molecule has 3 aromatic rings. The minimum absolute atomic E-state index is 0.510. The van der Waals surface area contributed by atoms with Gasteiger partial charge in [0.15, 0.2) is 0 Å². The van der Waals surface area contributed by atoms with E-state index in [-0.39, 0.29) is 0 Å². The monoisotopic (exact) mass is 366 g/mol. The van der Waals surface area contributed by atoms with Gasteiger partial charge in [-0.05, 0) is 49.1 Å². The average Bonchev–Trinajstić information content (AvgIpc) is 3.16. The minimum atomic E-state index is 0.510. The minimum Gasteiger partial charge on any atom is -0.367 e. The van der Waals surface area contributed by atoms with Gasteiger partial charge < -0.3 is 10.6 Å². The topological polar surface area (TPSA) is 49.8 Å². The van der Waals surface area contributed by atoms with Crippen LogP contribution in [-0.4, -0.2) is 16.0 Å². The molecule has 134 valence electrons. The first kappa shape index (κ1) is 17.1. The van der Waals surface area contributed by atoms with Gasteiger partial charge in [0.1, 0.15) is 5.82 Å². The quantitative estimate of drug-likeness (QED) is 0.620. The second-order valence-electron chi connectivity index (χ2n) is 6.92. The van der Waals surface area contributed by atoms with Gasteiger partial charge in [-0.3, -0.25) is 0 Å². The van der Waals surface area contributed by atoms with Crippen molar-refractivity contribution in [3.8, 4) is 0 Å². The highest BCUT2D eigenvalue weighted by Crippen LogP contribution is 2.27. The Bertz CT molecular complexity index is 919. The molecular formula is C21H23ClN4. The van der Waals surface area contributed by atoms with Crippen LogP contribution in [0.4, 0.5) is 11.8 Å². The Balaban J connectivity index is 1.61. The van der Waals surface area contributed by atoms with E-state index in [0.29, 0.717) is 18.5 Å². The third kappa shape index (κ3) is 3.61. The van der Waals surface area contributed by atoms with Crippen LogP contribution < -0.4 is 10.6 Å². The number of anilines is 2. The highest BCUT2D eigenvalue weighted by atomic mass is 35.5. The summed E-state index contributed by atoms with van der Waals surface area (Å²) in [5.74, 6) is 1.57. The van der Waals surface area contributed by atoms with Gasteiger partial charge in [0.25, 0.3) is 0 Å². The van der Waals surface area contributed by atoms with Crippen LogP contribution in [0.25, 0.3) is 10.9 Å². The Hall–Kier alpha value is -2.33. The molecule has 0 amide bonds. The molecule has 1 aliphatic rings. The highest BCUT2D eigenvalue weighted by molar-refractivity contribution is 6.31. The molecule has 1 fully saturated rings. The lowest BCUT2D eigenvalue weighted by molar-refractivity contribution is 0.751. The van der Waals surface area contributed by atoms with E-state index in [1.807, 2.05) is 37.3 Å². The molecule has 1 saturated carbocycles. The van der Waals surface area contributed by atoms with Crippen molar-refractivity contribution in [3.63, 3.8) is 0 Å². The van der Waals surface area contributed by atoms with Gasteiger partial charge in [0.2, 0.25) is 5.95 Å². The van der Waals surface area contributed by atoms with Crippen molar-refractivity contribution in [2.24, 2.45) is 0 Å². The summed E-state index contributed by atoms with van der Waals surface area (Å²) < 4.78 is 0. The van der Waals surface area contributed by atoms with E-state index in [4.69, 9.17) is 16.6 Å². The molecule has 26 heavy (non-hydrogen) atoms. The first-order chi connectivity index (χ1) is 12.7. The molecule has 1 aromatic heterocycles. The van der Waals surface area contributed by atoms with Crippen molar-refractivity contribution >= 4 is 34.3 Å². The van der Waals surface area contributed by atoms with E-state index in [1.165, 1.54) is 25.7 Å². The predicted octanol–water partition coefficient (Wildman–Crippen LogP) is 5.56. The number of hydrogen-bond donors (Lipinski definition) is 2.